The highest BCUT2D eigenvalue weighted by Gasteiger charge is 2.50. The SMILES string of the molecule is O=C(CNC(=O)C1C2CC3CC(C2)CC1C3)OCc1ccccc1. The monoisotopic (exact) mass is 327 g/mol. The number of rotatable bonds is 5. The predicted molar refractivity (Wildman–Crippen MR) is 89.8 cm³/mol. The van der Waals surface area contributed by atoms with Crippen molar-refractivity contribution in [3.8, 4) is 0 Å². The minimum atomic E-state index is -0.365. The molecule has 4 aliphatic rings. The van der Waals surface area contributed by atoms with Crippen LogP contribution in [-0.4, -0.2) is 18.4 Å². The molecule has 4 nitrogen and oxygen atoms in total. The molecule has 4 heteroatoms. The van der Waals surface area contributed by atoms with Gasteiger partial charge in [-0.1, -0.05) is 30.3 Å². The van der Waals surface area contributed by atoms with E-state index in [9.17, 15) is 9.59 Å². The molecule has 0 atom stereocenters. The van der Waals surface area contributed by atoms with Gasteiger partial charge in [-0.2, -0.15) is 0 Å². The molecule has 0 saturated heterocycles. The quantitative estimate of drug-likeness (QED) is 0.846. The van der Waals surface area contributed by atoms with Gasteiger partial charge in [0, 0.05) is 5.92 Å². The zero-order valence-corrected chi connectivity index (χ0v) is 13.9. The average Bonchev–Trinajstić information content (AvgIpc) is 2.58. The minimum absolute atomic E-state index is 0.0194. The van der Waals surface area contributed by atoms with Crippen LogP contribution in [0.3, 0.4) is 0 Å². The van der Waals surface area contributed by atoms with E-state index in [1.54, 1.807) is 0 Å². The number of carbonyl (C=O) groups excluding carboxylic acids is 2. The summed E-state index contributed by atoms with van der Waals surface area (Å²) in [5.74, 6) is 2.62. The zero-order valence-electron chi connectivity index (χ0n) is 13.9. The molecule has 0 spiro atoms. The fraction of sp³-hybridized carbons (Fsp3) is 0.600. The summed E-state index contributed by atoms with van der Waals surface area (Å²) in [6, 6.07) is 9.59. The Morgan fingerprint density at radius 2 is 1.58 bits per heavy atom. The standard InChI is InChI=1S/C20H25NO3/c22-18(24-12-13-4-2-1-3-5-13)11-21-20(23)19-16-7-14-6-15(9-16)10-17(19)8-14/h1-5,14-17,19H,6-12H2,(H,21,23). The second kappa shape index (κ2) is 6.58. The molecule has 4 saturated carbocycles. The van der Waals surface area contributed by atoms with Crippen LogP contribution in [0.2, 0.25) is 0 Å². The van der Waals surface area contributed by atoms with Crippen molar-refractivity contribution < 1.29 is 14.3 Å². The molecule has 1 aromatic rings. The van der Waals surface area contributed by atoms with Crippen molar-refractivity contribution >= 4 is 11.9 Å². The molecule has 128 valence electrons. The number of benzene rings is 1. The summed E-state index contributed by atoms with van der Waals surface area (Å²) in [4.78, 5) is 24.5. The first-order chi connectivity index (χ1) is 11.7. The van der Waals surface area contributed by atoms with E-state index in [1.165, 1.54) is 32.1 Å². The van der Waals surface area contributed by atoms with Crippen molar-refractivity contribution in [3.05, 3.63) is 35.9 Å². The van der Waals surface area contributed by atoms with E-state index in [1.807, 2.05) is 30.3 Å². The molecular weight excluding hydrogens is 302 g/mol. The molecule has 0 aliphatic heterocycles. The fourth-order valence-corrected chi connectivity index (χ4v) is 5.42. The lowest BCUT2D eigenvalue weighted by atomic mass is 9.51. The van der Waals surface area contributed by atoms with Crippen LogP contribution in [0, 0.1) is 29.6 Å². The topological polar surface area (TPSA) is 55.4 Å². The van der Waals surface area contributed by atoms with E-state index >= 15 is 0 Å². The van der Waals surface area contributed by atoms with Crippen LogP contribution in [0.1, 0.15) is 37.7 Å². The summed E-state index contributed by atoms with van der Waals surface area (Å²) >= 11 is 0. The van der Waals surface area contributed by atoms with Gasteiger partial charge in [0.25, 0.3) is 0 Å². The molecule has 4 bridgehead atoms. The van der Waals surface area contributed by atoms with E-state index < -0.39 is 0 Å². The molecule has 0 unspecified atom stereocenters. The highest BCUT2D eigenvalue weighted by atomic mass is 16.5. The Labute approximate surface area is 143 Å². The maximum atomic E-state index is 12.6. The number of esters is 1. The minimum Gasteiger partial charge on any atom is -0.460 e. The fourth-order valence-electron chi connectivity index (χ4n) is 5.42. The van der Waals surface area contributed by atoms with Gasteiger partial charge in [-0.05, 0) is 61.3 Å². The van der Waals surface area contributed by atoms with Crippen molar-refractivity contribution in [1.82, 2.24) is 5.32 Å². The van der Waals surface area contributed by atoms with Gasteiger partial charge < -0.3 is 10.1 Å². The lowest BCUT2D eigenvalue weighted by molar-refractivity contribution is -0.148. The van der Waals surface area contributed by atoms with E-state index in [4.69, 9.17) is 4.74 Å². The maximum absolute atomic E-state index is 12.6. The van der Waals surface area contributed by atoms with Crippen LogP contribution in [0.4, 0.5) is 0 Å². The molecule has 4 fully saturated rings. The van der Waals surface area contributed by atoms with Crippen molar-refractivity contribution in [1.29, 1.82) is 0 Å². The largest absolute Gasteiger partial charge is 0.460 e. The number of hydrogen-bond acceptors (Lipinski definition) is 3. The van der Waals surface area contributed by atoms with Crippen molar-refractivity contribution in [3.63, 3.8) is 0 Å². The molecule has 4 aliphatic carbocycles. The summed E-state index contributed by atoms with van der Waals surface area (Å²) in [7, 11) is 0. The first-order valence-electron chi connectivity index (χ1n) is 9.16. The third-order valence-corrected chi connectivity index (χ3v) is 6.18. The Bertz CT molecular complexity index is 585. The van der Waals surface area contributed by atoms with Crippen LogP contribution in [-0.2, 0) is 20.9 Å². The summed E-state index contributed by atoms with van der Waals surface area (Å²) in [6.45, 7) is 0.238. The Balaban J connectivity index is 1.25. The summed E-state index contributed by atoms with van der Waals surface area (Å²) in [5, 5.41) is 2.83. The van der Waals surface area contributed by atoms with Crippen molar-refractivity contribution in [2.45, 2.75) is 38.7 Å². The lowest BCUT2D eigenvalue weighted by Gasteiger charge is -2.53. The molecule has 0 radical (unpaired) electrons. The third kappa shape index (κ3) is 3.19. The van der Waals surface area contributed by atoms with E-state index in [-0.39, 0.29) is 30.9 Å². The van der Waals surface area contributed by atoms with Crippen LogP contribution >= 0.6 is 0 Å². The van der Waals surface area contributed by atoms with Gasteiger partial charge in [0.2, 0.25) is 5.91 Å². The predicted octanol–water partition coefficient (Wildman–Crippen LogP) is 2.92. The number of nitrogens with one attached hydrogen (secondary N) is 1. The second-order valence-corrected chi connectivity index (χ2v) is 7.82. The molecule has 0 aromatic heterocycles. The smallest absolute Gasteiger partial charge is 0.325 e. The van der Waals surface area contributed by atoms with E-state index in [0.717, 1.165) is 17.4 Å². The Kier molecular flexibility index (Phi) is 4.30. The highest BCUT2D eigenvalue weighted by Crippen LogP contribution is 2.56. The maximum Gasteiger partial charge on any atom is 0.325 e. The van der Waals surface area contributed by atoms with Gasteiger partial charge in [-0.15, -0.1) is 0 Å². The summed E-state index contributed by atoms with van der Waals surface area (Å²) < 4.78 is 5.23. The summed E-state index contributed by atoms with van der Waals surface area (Å²) in [5.41, 5.74) is 0.957. The first kappa shape index (κ1) is 15.7. The molecule has 1 N–H and O–H groups in total. The van der Waals surface area contributed by atoms with Crippen LogP contribution < -0.4 is 5.32 Å². The Morgan fingerprint density at radius 1 is 0.958 bits per heavy atom. The molecule has 5 rings (SSSR count). The van der Waals surface area contributed by atoms with Crippen LogP contribution in [0.25, 0.3) is 0 Å². The number of hydrogen-bond donors (Lipinski definition) is 1. The van der Waals surface area contributed by atoms with Gasteiger partial charge in [-0.25, -0.2) is 0 Å². The first-order valence-corrected chi connectivity index (χ1v) is 9.16. The molecule has 24 heavy (non-hydrogen) atoms. The normalized spacial score (nSPS) is 33.2. The van der Waals surface area contributed by atoms with Gasteiger partial charge in [-0.3, -0.25) is 9.59 Å². The van der Waals surface area contributed by atoms with Crippen LogP contribution in [0.5, 0.6) is 0 Å². The lowest BCUT2D eigenvalue weighted by Crippen LogP contribution is -2.51. The number of amides is 1. The van der Waals surface area contributed by atoms with Gasteiger partial charge in [0.05, 0.1) is 0 Å². The van der Waals surface area contributed by atoms with E-state index in [2.05, 4.69) is 5.32 Å². The Hall–Kier alpha value is -1.84. The van der Waals surface area contributed by atoms with Gasteiger partial charge in [0.1, 0.15) is 13.2 Å². The number of carbonyl (C=O) groups is 2. The summed E-state index contributed by atoms with van der Waals surface area (Å²) in [6.07, 6.45) is 6.23. The highest BCUT2D eigenvalue weighted by molar-refractivity contribution is 5.84. The molecule has 0 heterocycles. The van der Waals surface area contributed by atoms with Crippen molar-refractivity contribution in [2.75, 3.05) is 6.54 Å². The zero-order chi connectivity index (χ0) is 16.5. The van der Waals surface area contributed by atoms with Gasteiger partial charge >= 0.3 is 5.97 Å². The number of ether oxygens (including phenoxy) is 1. The molecule has 1 aromatic carbocycles. The average molecular weight is 327 g/mol. The van der Waals surface area contributed by atoms with Crippen LogP contribution in [0.15, 0.2) is 30.3 Å². The molecule has 1 amide bonds. The molecular formula is C20H25NO3. The van der Waals surface area contributed by atoms with E-state index in [0.29, 0.717) is 11.8 Å². The second-order valence-electron chi connectivity index (χ2n) is 7.82. The van der Waals surface area contributed by atoms with Crippen molar-refractivity contribution in [2.24, 2.45) is 29.6 Å². The third-order valence-electron chi connectivity index (χ3n) is 6.18. The van der Waals surface area contributed by atoms with Gasteiger partial charge in [0.15, 0.2) is 0 Å². The Morgan fingerprint density at radius 3 is 2.21 bits per heavy atom.